The number of nitrogens with zero attached hydrogens (tertiary/aromatic N) is 3. The van der Waals surface area contributed by atoms with Gasteiger partial charge < -0.3 is 8.98 Å². The number of amides is 1. The second-order valence-corrected chi connectivity index (χ2v) is 6.86. The van der Waals surface area contributed by atoms with Crippen molar-refractivity contribution in [3.8, 4) is 11.6 Å². The number of oxazole rings is 1. The molecule has 3 aromatic rings. The number of hydrogen-bond acceptors (Lipinski definition) is 4. The van der Waals surface area contributed by atoms with E-state index in [0.29, 0.717) is 5.89 Å². The van der Waals surface area contributed by atoms with Crippen molar-refractivity contribution >= 4 is 22.7 Å². The summed E-state index contributed by atoms with van der Waals surface area (Å²) < 4.78 is 7.96. The monoisotopic (exact) mass is 350 g/mol. The first-order valence-corrected chi connectivity index (χ1v) is 8.98. The average Bonchev–Trinajstić information content (AvgIpc) is 3.23. The summed E-state index contributed by atoms with van der Waals surface area (Å²) in [4.78, 5) is 16.7. The van der Waals surface area contributed by atoms with Gasteiger partial charge in [0.1, 0.15) is 11.2 Å². The molecule has 1 N–H and O–H groups in total. The minimum Gasteiger partial charge on any atom is -0.435 e. The quantitative estimate of drug-likeness (QED) is 0.779. The van der Waals surface area contributed by atoms with Crippen LogP contribution in [0.3, 0.4) is 0 Å². The molecule has 1 aliphatic heterocycles. The van der Waals surface area contributed by atoms with Crippen molar-refractivity contribution < 1.29 is 9.21 Å². The van der Waals surface area contributed by atoms with E-state index in [2.05, 4.69) is 29.4 Å². The number of fused-ring (bicyclic) bond motifs is 1. The maximum atomic E-state index is 12.1. The van der Waals surface area contributed by atoms with E-state index in [9.17, 15) is 4.79 Å². The highest BCUT2D eigenvalue weighted by molar-refractivity contribution is 6.07. The average molecular weight is 350 g/mol. The molecule has 134 valence electrons. The fourth-order valence-corrected chi connectivity index (χ4v) is 3.61. The van der Waals surface area contributed by atoms with E-state index in [4.69, 9.17) is 4.42 Å². The molecule has 2 aromatic heterocycles. The molecule has 0 unspecified atom stereocenters. The molecule has 0 saturated heterocycles. The number of nitrogens with one attached hydrogen (secondary N) is 1. The molecule has 1 amide bonds. The normalized spacial score (nSPS) is 20.3. The fourth-order valence-electron chi connectivity index (χ4n) is 3.61. The van der Waals surface area contributed by atoms with Crippen LogP contribution in [0.2, 0.25) is 0 Å². The van der Waals surface area contributed by atoms with Crippen molar-refractivity contribution in [2.45, 2.75) is 26.7 Å². The predicted molar refractivity (Wildman–Crippen MR) is 101 cm³/mol. The zero-order valence-corrected chi connectivity index (χ0v) is 15.2. The molecule has 1 aromatic carbocycles. The van der Waals surface area contributed by atoms with Gasteiger partial charge in [-0.15, -0.1) is 0 Å². The third-order valence-corrected chi connectivity index (χ3v) is 5.10. The van der Waals surface area contributed by atoms with Gasteiger partial charge in [0, 0.05) is 30.6 Å². The lowest BCUT2D eigenvalue weighted by Gasteiger charge is -2.27. The van der Waals surface area contributed by atoms with Crippen LogP contribution in [0, 0.1) is 11.8 Å². The molecule has 2 atom stereocenters. The number of hydrogen-bond donors (Lipinski definition) is 1. The van der Waals surface area contributed by atoms with E-state index < -0.39 is 0 Å². The Morgan fingerprint density at radius 1 is 1.31 bits per heavy atom. The molecule has 4 rings (SSSR count). The fraction of sp³-hybridized carbons (Fsp3) is 0.350. The molecule has 26 heavy (non-hydrogen) atoms. The van der Waals surface area contributed by atoms with Gasteiger partial charge in [-0.2, -0.15) is 5.10 Å². The number of benzene rings is 1. The smallest absolute Gasteiger partial charge is 0.244 e. The summed E-state index contributed by atoms with van der Waals surface area (Å²) in [7, 11) is 1.96. The van der Waals surface area contributed by atoms with Gasteiger partial charge in [0.25, 0.3) is 0 Å². The SMILES string of the molecule is CCC[C@H]1C(=O)NN=C(c2ccc3nc(-c4cccn4C)oc3c2)[C@@H]1C. The van der Waals surface area contributed by atoms with Gasteiger partial charge in [0.2, 0.25) is 11.8 Å². The standard InChI is InChI=1S/C20H22N4O2/c1-4-6-14-12(2)18(22-23-19(14)25)13-8-9-15-17(11-13)26-20(21-15)16-7-5-10-24(16)3/h5,7-12,14H,4,6H2,1-3H3,(H,23,25)/t12-,14-/m1/s1. The van der Waals surface area contributed by atoms with E-state index in [1.165, 1.54) is 0 Å². The van der Waals surface area contributed by atoms with Crippen molar-refractivity contribution in [3.63, 3.8) is 0 Å². The maximum Gasteiger partial charge on any atom is 0.244 e. The first-order chi connectivity index (χ1) is 12.6. The highest BCUT2D eigenvalue weighted by Gasteiger charge is 2.32. The lowest BCUT2D eigenvalue weighted by Crippen LogP contribution is -2.40. The minimum atomic E-state index is -0.0446. The van der Waals surface area contributed by atoms with Crippen LogP contribution in [0.1, 0.15) is 32.3 Å². The van der Waals surface area contributed by atoms with Crippen molar-refractivity contribution in [3.05, 3.63) is 42.1 Å². The Balaban J connectivity index is 1.71. The van der Waals surface area contributed by atoms with E-state index >= 15 is 0 Å². The molecule has 6 nitrogen and oxygen atoms in total. The van der Waals surface area contributed by atoms with Crippen LogP contribution in [0.25, 0.3) is 22.7 Å². The van der Waals surface area contributed by atoms with Crippen molar-refractivity contribution in [2.24, 2.45) is 24.0 Å². The Hall–Kier alpha value is -2.89. The zero-order valence-electron chi connectivity index (χ0n) is 15.2. The highest BCUT2D eigenvalue weighted by atomic mass is 16.3. The Labute approximate surface area is 151 Å². The van der Waals surface area contributed by atoms with Gasteiger partial charge in [0.15, 0.2) is 5.58 Å². The second-order valence-electron chi connectivity index (χ2n) is 6.86. The van der Waals surface area contributed by atoms with Crippen LogP contribution in [-0.4, -0.2) is 21.2 Å². The molecule has 0 saturated carbocycles. The first-order valence-electron chi connectivity index (χ1n) is 8.98. The Morgan fingerprint density at radius 2 is 2.15 bits per heavy atom. The predicted octanol–water partition coefficient (Wildman–Crippen LogP) is 3.72. The molecule has 0 spiro atoms. The summed E-state index contributed by atoms with van der Waals surface area (Å²) in [5.41, 5.74) is 6.99. The topological polar surface area (TPSA) is 72.4 Å². The van der Waals surface area contributed by atoms with E-state index in [-0.39, 0.29) is 17.7 Å². The first kappa shape index (κ1) is 16.6. The van der Waals surface area contributed by atoms with Crippen LogP contribution < -0.4 is 5.43 Å². The molecule has 0 fully saturated rings. The number of aromatic nitrogens is 2. The molecule has 3 heterocycles. The van der Waals surface area contributed by atoms with Gasteiger partial charge in [-0.1, -0.05) is 26.3 Å². The molecule has 0 radical (unpaired) electrons. The molecular weight excluding hydrogens is 328 g/mol. The number of hydrazone groups is 1. The largest absolute Gasteiger partial charge is 0.435 e. The summed E-state index contributed by atoms with van der Waals surface area (Å²) in [5.74, 6) is 0.628. The summed E-state index contributed by atoms with van der Waals surface area (Å²) in [6.07, 6.45) is 3.79. The third kappa shape index (κ3) is 2.71. The molecular formula is C20H22N4O2. The number of carbonyl (C=O) groups is 1. The van der Waals surface area contributed by atoms with Crippen molar-refractivity contribution in [2.75, 3.05) is 0 Å². The summed E-state index contributed by atoms with van der Waals surface area (Å²) in [5, 5.41) is 4.32. The van der Waals surface area contributed by atoms with Gasteiger partial charge in [-0.05, 0) is 30.7 Å². The summed E-state index contributed by atoms with van der Waals surface area (Å²) in [6.45, 7) is 4.16. The molecule has 6 heteroatoms. The zero-order chi connectivity index (χ0) is 18.3. The lowest BCUT2D eigenvalue weighted by molar-refractivity contribution is -0.126. The Kier molecular flexibility index (Phi) is 4.11. The van der Waals surface area contributed by atoms with Crippen LogP contribution >= 0.6 is 0 Å². The lowest BCUT2D eigenvalue weighted by atomic mass is 9.82. The van der Waals surface area contributed by atoms with Crippen LogP contribution in [0.15, 0.2) is 46.0 Å². The van der Waals surface area contributed by atoms with Crippen LogP contribution in [0.5, 0.6) is 0 Å². The van der Waals surface area contributed by atoms with E-state index in [1.54, 1.807) is 0 Å². The number of carbonyl (C=O) groups excluding carboxylic acids is 1. The van der Waals surface area contributed by atoms with Crippen LogP contribution in [-0.2, 0) is 11.8 Å². The number of rotatable bonds is 4. The minimum absolute atomic E-state index is 0.00911. The summed E-state index contributed by atoms with van der Waals surface area (Å²) in [6, 6.07) is 9.84. The number of aryl methyl sites for hydroxylation is 1. The third-order valence-electron chi connectivity index (χ3n) is 5.10. The molecule has 0 bridgehead atoms. The van der Waals surface area contributed by atoms with Crippen LogP contribution in [0.4, 0.5) is 0 Å². The summed E-state index contributed by atoms with van der Waals surface area (Å²) >= 11 is 0. The Morgan fingerprint density at radius 3 is 2.88 bits per heavy atom. The van der Waals surface area contributed by atoms with Crippen molar-refractivity contribution in [1.29, 1.82) is 0 Å². The van der Waals surface area contributed by atoms with Gasteiger partial charge in [-0.25, -0.2) is 10.4 Å². The Bertz CT molecular complexity index is 998. The van der Waals surface area contributed by atoms with Gasteiger partial charge >= 0.3 is 0 Å². The molecule has 1 aliphatic rings. The van der Waals surface area contributed by atoms with Gasteiger partial charge in [-0.3, -0.25) is 4.79 Å². The second kappa shape index (κ2) is 6.44. The highest BCUT2D eigenvalue weighted by Crippen LogP contribution is 2.29. The van der Waals surface area contributed by atoms with E-state index in [0.717, 1.165) is 40.9 Å². The van der Waals surface area contributed by atoms with E-state index in [1.807, 2.05) is 48.1 Å². The maximum absolute atomic E-state index is 12.1. The van der Waals surface area contributed by atoms with Gasteiger partial charge in [0.05, 0.1) is 5.71 Å². The van der Waals surface area contributed by atoms with Crippen molar-refractivity contribution in [1.82, 2.24) is 15.0 Å². The molecule has 0 aliphatic carbocycles.